The number of halogens is 3. The average Bonchev–Trinajstić information content (AvgIpc) is 3.58. The third-order valence-electron chi connectivity index (χ3n) is 5.57. The zero-order valence-electron chi connectivity index (χ0n) is 21.5. The number of nitrogens with zero attached hydrogens (tertiary/aromatic N) is 5. The Morgan fingerprint density at radius 2 is 2.02 bits per heavy atom. The highest BCUT2D eigenvalue weighted by atomic mass is 32.1. The number of ether oxygens (including phenoxy) is 2. The number of hydrogen-bond acceptors (Lipinski definition) is 10. The summed E-state index contributed by atoms with van der Waals surface area (Å²) >= 11 is 1.23. The predicted molar refractivity (Wildman–Crippen MR) is 141 cm³/mol. The van der Waals surface area contributed by atoms with Gasteiger partial charge in [-0.2, -0.15) is 28.6 Å². The minimum atomic E-state index is -4.89. The van der Waals surface area contributed by atoms with E-state index < -0.39 is 29.0 Å². The molecule has 1 aromatic carbocycles. The summed E-state index contributed by atoms with van der Waals surface area (Å²) in [4.78, 5) is 17.3. The van der Waals surface area contributed by atoms with Gasteiger partial charge in [-0.1, -0.05) is 23.5 Å². The van der Waals surface area contributed by atoms with Crippen LogP contribution in [0.15, 0.2) is 47.5 Å². The van der Waals surface area contributed by atoms with Gasteiger partial charge in [0.25, 0.3) is 5.56 Å². The van der Waals surface area contributed by atoms with E-state index in [2.05, 4.69) is 30.9 Å². The van der Waals surface area contributed by atoms with Crippen LogP contribution in [0.25, 0.3) is 0 Å². The van der Waals surface area contributed by atoms with Gasteiger partial charge in [-0.05, 0) is 30.7 Å². The highest BCUT2D eigenvalue weighted by molar-refractivity contribution is 7.16. The summed E-state index contributed by atoms with van der Waals surface area (Å²) in [7, 11) is 1.50. The van der Waals surface area contributed by atoms with Gasteiger partial charge in [-0.3, -0.25) is 9.89 Å². The third kappa shape index (κ3) is 7.36. The number of rotatable bonds is 12. The van der Waals surface area contributed by atoms with Crippen molar-refractivity contribution < 1.29 is 22.6 Å². The van der Waals surface area contributed by atoms with Crippen molar-refractivity contribution in [3.63, 3.8) is 0 Å². The van der Waals surface area contributed by atoms with Crippen molar-refractivity contribution >= 4 is 22.2 Å². The molecule has 15 heteroatoms. The van der Waals surface area contributed by atoms with Gasteiger partial charge in [0.15, 0.2) is 5.13 Å². The zero-order valence-corrected chi connectivity index (χ0v) is 22.3. The molecule has 4 rings (SSSR count). The monoisotopic (exact) mass is 574 g/mol. The van der Waals surface area contributed by atoms with Crippen molar-refractivity contribution in [3.8, 4) is 11.8 Å². The first kappa shape index (κ1) is 28.6. The minimum Gasteiger partial charge on any atom is -0.497 e. The Labute approximate surface area is 230 Å². The van der Waals surface area contributed by atoms with Crippen LogP contribution in [0.5, 0.6) is 5.75 Å². The van der Waals surface area contributed by atoms with E-state index in [1.807, 2.05) is 6.07 Å². The fourth-order valence-electron chi connectivity index (χ4n) is 3.69. The van der Waals surface area contributed by atoms with Gasteiger partial charge in [0.1, 0.15) is 22.3 Å². The molecule has 0 aliphatic carbocycles. The van der Waals surface area contributed by atoms with E-state index in [1.54, 1.807) is 37.3 Å². The van der Waals surface area contributed by atoms with E-state index >= 15 is 0 Å². The lowest BCUT2D eigenvalue weighted by Gasteiger charge is -2.19. The average molecular weight is 575 g/mol. The predicted octanol–water partition coefficient (Wildman–Crippen LogP) is 4.00. The Morgan fingerprint density at radius 3 is 2.70 bits per heavy atom. The first-order valence-electron chi connectivity index (χ1n) is 11.9. The number of aromatic nitrogens is 5. The molecule has 0 bridgehead atoms. The van der Waals surface area contributed by atoms with E-state index in [9.17, 15) is 18.0 Å². The topological polar surface area (TPSA) is 143 Å². The fourth-order valence-corrected chi connectivity index (χ4v) is 4.30. The standard InChI is InChI=1S/C25H25F3N8O3S/c1-15(13-39-14-18-7-17(34-35-18)9-30-24-31-10-20(8-29)40-24)33-21-11-32-36(23(37)22(21)25(26,27)28)12-16-3-5-19(38-2)6-4-16/h3-7,10-11,15,33H,9,12-14H2,1-2H3,(H,30,31)(H,34,35)/t15-/m0/s1. The number of hydrogen-bond donors (Lipinski definition) is 3. The lowest BCUT2D eigenvalue weighted by Crippen LogP contribution is -2.34. The second kappa shape index (κ2) is 12.6. The minimum absolute atomic E-state index is 0.0444. The van der Waals surface area contributed by atoms with E-state index in [4.69, 9.17) is 14.7 Å². The van der Waals surface area contributed by atoms with Crippen molar-refractivity contribution in [1.29, 1.82) is 5.26 Å². The molecule has 210 valence electrons. The molecule has 0 saturated carbocycles. The number of H-pyrrole nitrogens is 1. The Kier molecular flexibility index (Phi) is 9.02. The zero-order chi connectivity index (χ0) is 28.7. The molecule has 0 aliphatic rings. The molecule has 11 nitrogen and oxygen atoms in total. The maximum Gasteiger partial charge on any atom is 0.423 e. The highest BCUT2D eigenvalue weighted by Gasteiger charge is 2.38. The maximum absolute atomic E-state index is 13.9. The number of nitrogens with one attached hydrogen (secondary N) is 3. The van der Waals surface area contributed by atoms with Crippen LogP contribution in [0.1, 0.15) is 34.3 Å². The second-order valence-corrected chi connectivity index (χ2v) is 9.71. The Bertz CT molecular complexity index is 1530. The number of thiazole rings is 1. The second-order valence-electron chi connectivity index (χ2n) is 8.68. The third-order valence-corrected chi connectivity index (χ3v) is 6.43. The number of nitriles is 1. The number of benzene rings is 1. The molecule has 0 spiro atoms. The normalized spacial score (nSPS) is 12.1. The molecule has 3 N–H and O–H groups in total. The largest absolute Gasteiger partial charge is 0.497 e. The molecule has 0 amide bonds. The molecule has 0 fully saturated rings. The smallest absolute Gasteiger partial charge is 0.423 e. The van der Waals surface area contributed by atoms with Crippen molar-refractivity contribution in [2.24, 2.45) is 0 Å². The van der Waals surface area contributed by atoms with Crippen LogP contribution in [0, 0.1) is 11.3 Å². The Hall–Kier alpha value is -4.42. The van der Waals surface area contributed by atoms with Crippen molar-refractivity contribution in [1.82, 2.24) is 25.0 Å². The molecule has 0 radical (unpaired) electrons. The van der Waals surface area contributed by atoms with Gasteiger partial charge >= 0.3 is 6.18 Å². The quantitative estimate of drug-likeness (QED) is 0.229. The summed E-state index contributed by atoms with van der Waals surface area (Å²) in [6.45, 7) is 2.07. The van der Waals surface area contributed by atoms with Crippen LogP contribution in [0.4, 0.5) is 24.0 Å². The first-order valence-corrected chi connectivity index (χ1v) is 12.8. The SMILES string of the molecule is COc1ccc(Cn2ncc(N[C@@H](C)COCc3cc(CNc4ncc(C#N)s4)[nH]n3)c(C(F)(F)F)c2=O)cc1. The summed E-state index contributed by atoms with van der Waals surface area (Å²) < 4.78 is 53.1. The molecular weight excluding hydrogens is 549 g/mol. The number of alkyl halides is 3. The summed E-state index contributed by atoms with van der Waals surface area (Å²) in [6.07, 6.45) is -2.41. The van der Waals surface area contributed by atoms with Gasteiger partial charge in [0, 0.05) is 6.04 Å². The first-order chi connectivity index (χ1) is 19.2. The molecule has 0 unspecified atom stereocenters. The molecule has 4 aromatic rings. The van der Waals surface area contributed by atoms with E-state index in [0.29, 0.717) is 33.6 Å². The Morgan fingerprint density at radius 1 is 1.25 bits per heavy atom. The van der Waals surface area contributed by atoms with Crippen molar-refractivity contribution in [2.45, 2.75) is 38.8 Å². The van der Waals surface area contributed by atoms with Crippen LogP contribution < -0.4 is 20.9 Å². The molecule has 40 heavy (non-hydrogen) atoms. The van der Waals surface area contributed by atoms with Crippen molar-refractivity contribution in [2.75, 3.05) is 24.4 Å². The molecule has 3 aromatic heterocycles. The van der Waals surface area contributed by atoms with Crippen LogP contribution in [0.2, 0.25) is 0 Å². The van der Waals surface area contributed by atoms with Crippen LogP contribution in [0.3, 0.4) is 0 Å². The van der Waals surface area contributed by atoms with Crippen LogP contribution in [-0.4, -0.2) is 44.7 Å². The number of anilines is 2. The lowest BCUT2D eigenvalue weighted by molar-refractivity contribution is -0.138. The summed E-state index contributed by atoms with van der Waals surface area (Å²) in [5.74, 6) is 0.586. The summed E-state index contributed by atoms with van der Waals surface area (Å²) in [5.41, 5.74) is -1.04. The van der Waals surface area contributed by atoms with E-state index in [1.165, 1.54) is 24.6 Å². The molecule has 0 aliphatic heterocycles. The van der Waals surface area contributed by atoms with Gasteiger partial charge in [-0.15, -0.1) is 0 Å². The number of aromatic amines is 1. The van der Waals surface area contributed by atoms with Gasteiger partial charge in [0.05, 0.1) is 62.9 Å². The molecule has 0 saturated heterocycles. The van der Waals surface area contributed by atoms with Crippen molar-refractivity contribution in [3.05, 3.63) is 80.5 Å². The van der Waals surface area contributed by atoms with E-state index in [-0.39, 0.29) is 19.8 Å². The maximum atomic E-state index is 13.9. The molecular formula is C25H25F3N8O3S. The summed E-state index contributed by atoms with van der Waals surface area (Å²) in [6, 6.07) is 9.83. The summed E-state index contributed by atoms with van der Waals surface area (Å²) in [5, 5.41) is 26.2. The van der Waals surface area contributed by atoms with Gasteiger partial charge in [-0.25, -0.2) is 9.67 Å². The fraction of sp³-hybridized carbons (Fsp3) is 0.320. The van der Waals surface area contributed by atoms with Gasteiger partial charge < -0.3 is 20.1 Å². The van der Waals surface area contributed by atoms with Crippen LogP contribution in [-0.2, 0) is 30.6 Å². The van der Waals surface area contributed by atoms with Gasteiger partial charge in [0.2, 0.25) is 0 Å². The molecule has 1 atom stereocenters. The highest BCUT2D eigenvalue weighted by Crippen LogP contribution is 2.32. The molecule has 3 heterocycles. The van der Waals surface area contributed by atoms with Crippen LogP contribution >= 0.6 is 11.3 Å². The number of methoxy groups -OCH3 is 1. The Balaban J connectivity index is 1.33. The lowest BCUT2D eigenvalue weighted by atomic mass is 10.2. The van der Waals surface area contributed by atoms with E-state index in [0.717, 1.165) is 16.6 Å².